The predicted molar refractivity (Wildman–Crippen MR) is 77.7 cm³/mol. The summed E-state index contributed by atoms with van der Waals surface area (Å²) in [5.41, 5.74) is 1.65. The van der Waals surface area contributed by atoms with Gasteiger partial charge in [0, 0.05) is 11.8 Å². The van der Waals surface area contributed by atoms with Crippen LogP contribution in [-0.4, -0.2) is 22.8 Å². The quantitative estimate of drug-likeness (QED) is 0.830. The molecule has 0 spiro atoms. The van der Waals surface area contributed by atoms with Gasteiger partial charge in [-0.25, -0.2) is 9.59 Å². The molecule has 1 aromatic carbocycles. The molecular formula is C15H19NO4. The third kappa shape index (κ3) is 5.56. The van der Waals surface area contributed by atoms with Crippen molar-refractivity contribution in [3.8, 4) is 0 Å². The number of benzene rings is 1. The number of carbonyl (C=O) groups is 2. The number of hydrogen-bond donors (Lipinski definition) is 2. The maximum absolute atomic E-state index is 11.7. The molecule has 0 heterocycles. The van der Waals surface area contributed by atoms with Crippen LogP contribution in [-0.2, 0) is 9.53 Å². The molecule has 2 N–H and O–H groups in total. The molecule has 0 saturated heterocycles. The molecule has 0 saturated carbocycles. The molecule has 0 aliphatic carbocycles. The van der Waals surface area contributed by atoms with E-state index in [9.17, 15) is 9.59 Å². The van der Waals surface area contributed by atoms with Gasteiger partial charge in [0.15, 0.2) is 0 Å². The number of rotatable bonds is 3. The highest BCUT2D eigenvalue weighted by atomic mass is 16.6. The fourth-order valence-electron chi connectivity index (χ4n) is 1.51. The standard InChI is InChI=1S/C15H19NO4/c1-10-9-11(6-8-13(17)18)5-7-12(10)16-14(19)20-15(2,3)4/h5-9H,1-4H3,(H,16,19)(H,17,18)/b8-6+. The van der Waals surface area contributed by atoms with E-state index in [1.54, 1.807) is 39.0 Å². The van der Waals surface area contributed by atoms with Crippen LogP contribution in [0, 0.1) is 6.92 Å². The third-order valence-electron chi connectivity index (χ3n) is 2.30. The minimum Gasteiger partial charge on any atom is -0.478 e. The van der Waals surface area contributed by atoms with Crippen molar-refractivity contribution in [2.24, 2.45) is 0 Å². The van der Waals surface area contributed by atoms with Gasteiger partial charge in [0.05, 0.1) is 0 Å². The summed E-state index contributed by atoms with van der Waals surface area (Å²) in [4.78, 5) is 22.1. The van der Waals surface area contributed by atoms with Gasteiger partial charge in [-0.3, -0.25) is 5.32 Å². The minimum atomic E-state index is -1.00. The Hall–Kier alpha value is -2.30. The maximum atomic E-state index is 11.7. The Labute approximate surface area is 118 Å². The molecule has 0 fully saturated rings. The number of hydrogen-bond acceptors (Lipinski definition) is 3. The summed E-state index contributed by atoms with van der Waals surface area (Å²) in [7, 11) is 0. The molecule has 5 nitrogen and oxygen atoms in total. The second kappa shape index (κ2) is 6.23. The van der Waals surface area contributed by atoms with Gasteiger partial charge in [-0.1, -0.05) is 6.07 Å². The summed E-state index contributed by atoms with van der Waals surface area (Å²) in [5, 5.41) is 11.2. The Morgan fingerprint density at radius 2 is 1.95 bits per heavy atom. The third-order valence-corrected chi connectivity index (χ3v) is 2.30. The first-order valence-electron chi connectivity index (χ1n) is 6.19. The van der Waals surface area contributed by atoms with E-state index < -0.39 is 17.7 Å². The smallest absolute Gasteiger partial charge is 0.412 e. The van der Waals surface area contributed by atoms with Gasteiger partial charge in [-0.05, 0) is 57.0 Å². The van der Waals surface area contributed by atoms with Crippen molar-refractivity contribution < 1.29 is 19.4 Å². The fraction of sp³-hybridized carbons (Fsp3) is 0.333. The van der Waals surface area contributed by atoms with E-state index in [1.807, 2.05) is 6.92 Å². The molecular weight excluding hydrogens is 258 g/mol. The van der Waals surface area contributed by atoms with E-state index >= 15 is 0 Å². The van der Waals surface area contributed by atoms with Gasteiger partial charge >= 0.3 is 12.1 Å². The number of aryl methyl sites for hydroxylation is 1. The number of carboxylic acids is 1. The highest BCUT2D eigenvalue weighted by molar-refractivity contribution is 5.87. The molecule has 5 heteroatoms. The molecule has 0 radical (unpaired) electrons. The lowest BCUT2D eigenvalue weighted by atomic mass is 10.1. The Balaban J connectivity index is 2.78. The average Bonchev–Trinajstić information content (AvgIpc) is 2.27. The van der Waals surface area contributed by atoms with E-state index in [1.165, 1.54) is 6.08 Å². The number of carboxylic acid groups (broad SMARTS) is 1. The second-order valence-corrected chi connectivity index (χ2v) is 5.37. The van der Waals surface area contributed by atoms with Crippen LogP contribution in [0.15, 0.2) is 24.3 Å². The Bertz CT molecular complexity index is 541. The van der Waals surface area contributed by atoms with Crippen LogP contribution in [0.5, 0.6) is 0 Å². The molecule has 0 atom stereocenters. The van der Waals surface area contributed by atoms with E-state index in [0.29, 0.717) is 5.69 Å². The molecule has 0 bridgehead atoms. The highest BCUT2D eigenvalue weighted by Crippen LogP contribution is 2.18. The topological polar surface area (TPSA) is 75.6 Å². The van der Waals surface area contributed by atoms with Crippen molar-refractivity contribution >= 4 is 23.8 Å². The van der Waals surface area contributed by atoms with Crippen LogP contribution >= 0.6 is 0 Å². The number of amides is 1. The normalized spacial score (nSPS) is 11.4. The molecule has 0 unspecified atom stereocenters. The van der Waals surface area contributed by atoms with Crippen molar-refractivity contribution in [1.29, 1.82) is 0 Å². The molecule has 1 rings (SSSR count). The maximum Gasteiger partial charge on any atom is 0.412 e. The zero-order valence-corrected chi connectivity index (χ0v) is 12.1. The van der Waals surface area contributed by atoms with Gasteiger partial charge < -0.3 is 9.84 Å². The summed E-state index contributed by atoms with van der Waals surface area (Å²) >= 11 is 0. The average molecular weight is 277 g/mol. The Kier molecular flexibility index (Phi) is 4.91. The van der Waals surface area contributed by atoms with Crippen LogP contribution in [0.4, 0.5) is 10.5 Å². The summed E-state index contributed by atoms with van der Waals surface area (Å²) in [6, 6.07) is 5.21. The van der Waals surface area contributed by atoms with E-state index in [2.05, 4.69) is 5.32 Å². The summed E-state index contributed by atoms with van der Waals surface area (Å²) in [6.07, 6.45) is 2.04. The van der Waals surface area contributed by atoms with E-state index in [4.69, 9.17) is 9.84 Å². The Morgan fingerprint density at radius 3 is 2.45 bits per heavy atom. The van der Waals surface area contributed by atoms with Crippen LogP contribution in [0.2, 0.25) is 0 Å². The van der Waals surface area contributed by atoms with Crippen molar-refractivity contribution in [3.63, 3.8) is 0 Å². The number of aliphatic carboxylic acids is 1. The molecule has 20 heavy (non-hydrogen) atoms. The lowest BCUT2D eigenvalue weighted by molar-refractivity contribution is -0.131. The molecule has 0 aliphatic heterocycles. The number of nitrogens with one attached hydrogen (secondary N) is 1. The zero-order chi connectivity index (χ0) is 15.3. The monoisotopic (exact) mass is 277 g/mol. The van der Waals surface area contributed by atoms with Crippen molar-refractivity contribution in [2.45, 2.75) is 33.3 Å². The van der Waals surface area contributed by atoms with Gasteiger partial charge in [0.2, 0.25) is 0 Å². The van der Waals surface area contributed by atoms with Crippen LogP contribution < -0.4 is 5.32 Å². The van der Waals surface area contributed by atoms with Crippen LogP contribution in [0.1, 0.15) is 31.9 Å². The lowest BCUT2D eigenvalue weighted by Crippen LogP contribution is -2.27. The number of carbonyl (C=O) groups excluding carboxylic acids is 1. The molecule has 1 amide bonds. The van der Waals surface area contributed by atoms with Gasteiger partial charge in [0.25, 0.3) is 0 Å². The second-order valence-electron chi connectivity index (χ2n) is 5.37. The summed E-state index contributed by atoms with van der Waals surface area (Å²) < 4.78 is 5.16. The van der Waals surface area contributed by atoms with Crippen molar-refractivity contribution in [2.75, 3.05) is 5.32 Å². The molecule has 1 aromatic rings. The van der Waals surface area contributed by atoms with Crippen LogP contribution in [0.25, 0.3) is 6.08 Å². The molecule has 0 aromatic heterocycles. The van der Waals surface area contributed by atoms with Crippen LogP contribution in [0.3, 0.4) is 0 Å². The first-order chi connectivity index (χ1) is 9.17. The van der Waals surface area contributed by atoms with E-state index in [-0.39, 0.29) is 0 Å². The number of ether oxygens (including phenoxy) is 1. The van der Waals surface area contributed by atoms with Gasteiger partial charge in [-0.2, -0.15) is 0 Å². The minimum absolute atomic E-state index is 0.519. The van der Waals surface area contributed by atoms with Gasteiger partial charge in [0.1, 0.15) is 5.60 Å². The molecule has 0 aliphatic rings. The van der Waals surface area contributed by atoms with Gasteiger partial charge in [-0.15, -0.1) is 0 Å². The molecule has 108 valence electrons. The SMILES string of the molecule is Cc1cc(/C=C/C(=O)O)ccc1NC(=O)OC(C)(C)C. The first kappa shape index (κ1) is 15.8. The van der Waals surface area contributed by atoms with E-state index in [0.717, 1.165) is 17.2 Å². The van der Waals surface area contributed by atoms with Crippen molar-refractivity contribution in [1.82, 2.24) is 0 Å². The predicted octanol–water partition coefficient (Wildman–Crippen LogP) is 3.44. The fourth-order valence-corrected chi connectivity index (χ4v) is 1.51. The Morgan fingerprint density at radius 1 is 1.30 bits per heavy atom. The summed E-state index contributed by atoms with van der Waals surface area (Å²) in [6.45, 7) is 7.20. The zero-order valence-electron chi connectivity index (χ0n) is 12.1. The van der Waals surface area contributed by atoms with Crippen molar-refractivity contribution in [3.05, 3.63) is 35.4 Å². The largest absolute Gasteiger partial charge is 0.478 e. The number of anilines is 1. The highest BCUT2D eigenvalue weighted by Gasteiger charge is 2.16. The first-order valence-corrected chi connectivity index (χ1v) is 6.19. The lowest BCUT2D eigenvalue weighted by Gasteiger charge is -2.20. The summed E-state index contributed by atoms with van der Waals surface area (Å²) in [5.74, 6) is -1.00.